The van der Waals surface area contributed by atoms with E-state index in [-0.39, 0.29) is 33.9 Å². The van der Waals surface area contributed by atoms with Crippen molar-refractivity contribution in [3.63, 3.8) is 0 Å². The van der Waals surface area contributed by atoms with Gasteiger partial charge in [-0.15, -0.1) is 11.3 Å². The molecule has 14 heteroatoms. The molecule has 2 saturated heterocycles. The minimum absolute atomic E-state index is 0.0290. The molecule has 1 aromatic heterocycles. The van der Waals surface area contributed by atoms with Crippen LogP contribution in [-0.4, -0.2) is 117 Å². The number of nitrogens with zero attached hydrogens (tertiary/aromatic N) is 5. The number of hydrogen-bond donors (Lipinski definition) is 1. The maximum atomic E-state index is 13.4. The molecule has 2 amide bonds. The largest absolute Gasteiger partial charge is 0.389 e. The van der Waals surface area contributed by atoms with Crippen LogP contribution in [0.4, 0.5) is 5.13 Å². The first kappa shape index (κ1) is 30.5. The number of aromatic nitrogens is 1. The zero-order chi connectivity index (χ0) is 29.9. The van der Waals surface area contributed by atoms with Crippen molar-refractivity contribution in [2.45, 2.75) is 55.0 Å². The average Bonchev–Trinajstić information content (AvgIpc) is 3.53. The molecule has 12 nitrogen and oxygen atoms in total. The summed E-state index contributed by atoms with van der Waals surface area (Å²) in [6, 6.07) is 6.30. The van der Waals surface area contributed by atoms with Crippen LogP contribution >= 0.6 is 11.3 Å². The van der Waals surface area contributed by atoms with Crippen LogP contribution in [0.15, 0.2) is 40.5 Å². The number of rotatable bonds is 11. The number of benzene rings is 1. The van der Waals surface area contributed by atoms with Gasteiger partial charge in [0.1, 0.15) is 0 Å². The van der Waals surface area contributed by atoms with E-state index in [0.29, 0.717) is 62.8 Å². The number of amides is 2. The van der Waals surface area contributed by atoms with E-state index in [1.165, 1.54) is 23.5 Å². The molecule has 2 aromatic rings. The molecule has 5 rings (SSSR count). The van der Waals surface area contributed by atoms with Gasteiger partial charge in [0, 0.05) is 55.3 Å². The molecule has 42 heavy (non-hydrogen) atoms. The number of nitrogens with one attached hydrogen (secondary N) is 1. The number of ether oxygens (including phenoxy) is 1. The molecule has 0 radical (unpaired) electrons. The van der Waals surface area contributed by atoms with E-state index >= 15 is 0 Å². The number of sulfone groups is 1. The number of anilines is 1. The number of hydrogen-bond acceptors (Lipinski definition) is 11. The van der Waals surface area contributed by atoms with Crippen LogP contribution in [0.2, 0.25) is 0 Å². The van der Waals surface area contributed by atoms with Crippen molar-refractivity contribution in [3.8, 4) is 0 Å². The second kappa shape index (κ2) is 13.2. The van der Waals surface area contributed by atoms with Crippen LogP contribution in [0.25, 0.3) is 0 Å². The summed E-state index contributed by atoms with van der Waals surface area (Å²) in [6.45, 7) is 6.27. The number of likely N-dealkylation sites (N-methyl/N-ethyl adjacent to an activating group) is 1. The molecule has 0 spiro atoms. The van der Waals surface area contributed by atoms with Crippen molar-refractivity contribution in [3.05, 3.63) is 40.9 Å². The van der Waals surface area contributed by atoms with E-state index in [1.54, 1.807) is 18.3 Å². The molecule has 2 atom stereocenters. The van der Waals surface area contributed by atoms with Crippen molar-refractivity contribution in [1.29, 1.82) is 0 Å². The summed E-state index contributed by atoms with van der Waals surface area (Å²) in [5, 5.41) is 7.10. The summed E-state index contributed by atoms with van der Waals surface area (Å²) in [5.41, 5.74) is 0.468. The minimum Gasteiger partial charge on any atom is -0.389 e. The molecule has 3 fully saturated rings. The first-order valence-corrected chi connectivity index (χ1v) is 16.5. The smallest absolute Gasteiger partial charge is 0.280 e. The lowest BCUT2D eigenvalue weighted by molar-refractivity contribution is -0.136. The molecule has 0 unspecified atom stereocenters. The van der Waals surface area contributed by atoms with E-state index in [1.807, 2.05) is 23.9 Å². The van der Waals surface area contributed by atoms with Gasteiger partial charge < -0.3 is 19.4 Å². The van der Waals surface area contributed by atoms with Crippen LogP contribution in [0.1, 0.15) is 36.6 Å². The molecule has 1 aromatic carbocycles. The zero-order valence-corrected chi connectivity index (χ0v) is 25.8. The Hall–Kier alpha value is -2.91. The summed E-state index contributed by atoms with van der Waals surface area (Å²) < 4.78 is 30.6. The number of carbonyl (C=O) groups excluding carboxylic acids is 2. The lowest BCUT2D eigenvalue weighted by atomic mass is 10.1. The highest BCUT2D eigenvalue weighted by molar-refractivity contribution is 7.92. The van der Waals surface area contributed by atoms with Crippen LogP contribution in [0.5, 0.6) is 0 Å². The Morgan fingerprint density at radius 1 is 1.19 bits per heavy atom. The topological polar surface area (TPSA) is 134 Å². The Labute approximate surface area is 250 Å². The lowest BCUT2D eigenvalue weighted by Crippen LogP contribution is -2.55. The Bertz CT molecular complexity index is 1400. The van der Waals surface area contributed by atoms with Crippen LogP contribution in [-0.2, 0) is 35.5 Å². The molecule has 1 aliphatic carbocycles. The number of thiazole rings is 1. The predicted molar refractivity (Wildman–Crippen MR) is 159 cm³/mol. The Kier molecular flexibility index (Phi) is 9.57. The summed E-state index contributed by atoms with van der Waals surface area (Å²) in [5.74, 6) is -0.370. The molecule has 2 aliphatic heterocycles. The van der Waals surface area contributed by atoms with E-state index < -0.39 is 15.7 Å². The van der Waals surface area contributed by atoms with E-state index in [2.05, 4.69) is 27.3 Å². The van der Waals surface area contributed by atoms with Crippen molar-refractivity contribution in [1.82, 2.24) is 19.7 Å². The first-order chi connectivity index (χ1) is 20.1. The van der Waals surface area contributed by atoms with Crippen LogP contribution < -0.4 is 5.32 Å². The van der Waals surface area contributed by atoms with Gasteiger partial charge in [-0.25, -0.2) is 13.4 Å². The van der Waals surface area contributed by atoms with Gasteiger partial charge in [-0.2, -0.15) is 0 Å². The molecule has 3 aliphatic rings. The molecule has 1 N–H and O–H groups in total. The molecule has 3 heterocycles. The third-order valence-corrected chi connectivity index (χ3v) is 10.6. The normalized spacial score (nSPS) is 22.0. The monoisotopic (exact) mass is 618 g/mol. The number of piperazine rings is 1. The predicted octanol–water partition coefficient (Wildman–Crippen LogP) is 1.82. The third kappa shape index (κ3) is 7.53. The SMILES string of the molecule is C[C@H]1CN(Cc2cnc(NC(=O)/C(=N/O[C@@H]3CCOC3)c3ccc(S(=O)(=O)C4CC4)cc3)s2)CCN1C(=O)CN(C)C. The standard InChI is InChI=1S/C28H38N6O6S2/c1-19-15-33(11-12-34(19)25(35)17-32(2)3)16-22-14-29-28(41-22)30-27(36)26(31-40-21-10-13-39-18-21)20-4-6-23(7-5-20)42(37,38)24-8-9-24/h4-7,14,19,21,24H,8-13,15-18H2,1-3H3,(H,29,30,36)/b31-26+/t19-,21+/m0/s1. The maximum Gasteiger partial charge on any atom is 0.280 e. The van der Waals surface area contributed by atoms with Gasteiger partial charge in [0.25, 0.3) is 5.91 Å². The van der Waals surface area contributed by atoms with Gasteiger partial charge in [0.15, 0.2) is 26.8 Å². The fourth-order valence-corrected chi connectivity index (χ4v) is 7.55. The van der Waals surface area contributed by atoms with Gasteiger partial charge in [-0.3, -0.25) is 19.8 Å². The third-order valence-electron chi connectivity index (χ3n) is 7.45. The molecule has 1 saturated carbocycles. The van der Waals surface area contributed by atoms with Crippen molar-refractivity contribution < 1.29 is 27.6 Å². The molecular weight excluding hydrogens is 580 g/mol. The van der Waals surface area contributed by atoms with Gasteiger partial charge in [-0.1, -0.05) is 17.3 Å². The Morgan fingerprint density at radius 2 is 1.95 bits per heavy atom. The Balaban J connectivity index is 1.23. The average molecular weight is 619 g/mol. The van der Waals surface area contributed by atoms with Gasteiger partial charge in [-0.05, 0) is 46.0 Å². The van der Waals surface area contributed by atoms with Crippen molar-refractivity contribution >= 4 is 43.8 Å². The summed E-state index contributed by atoms with van der Waals surface area (Å²) in [7, 11) is 0.435. The summed E-state index contributed by atoms with van der Waals surface area (Å²) >= 11 is 1.38. The van der Waals surface area contributed by atoms with Gasteiger partial charge in [0.2, 0.25) is 5.91 Å². The van der Waals surface area contributed by atoms with Crippen LogP contribution in [0.3, 0.4) is 0 Å². The molecule has 0 bridgehead atoms. The summed E-state index contributed by atoms with van der Waals surface area (Å²) in [6.07, 6.45) is 3.52. The zero-order valence-electron chi connectivity index (χ0n) is 24.2. The molecule has 228 valence electrons. The van der Waals surface area contributed by atoms with E-state index in [9.17, 15) is 18.0 Å². The quantitative estimate of drug-likeness (QED) is 0.296. The van der Waals surface area contributed by atoms with E-state index in [4.69, 9.17) is 9.57 Å². The fraction of sp³-hybridized carbons (Fsp3) is 0.571. The number of oxime groups is 1. The highest BCUT2D eigenvalue weighted by Crippen LogP contribution is 2.33. The number of carbonyl (C=O) groups is 2. The first-order valence-electron chi connectivity index (χ1n) is 14.2. The Morgan fingerprint density at radius 3 is 2.60 bits per heavy atom. The van der Waals surface area contributed by atoms with Gasteiger partial charge >= 0.3 is 0 Å². The van der Waals surface area contributed by atoms with Crippen molar-refractivity contribution in [2.75, 3.05) is 58.8 Å². The molecular formula is C28H38N6O6S2. The van der Waals surface area contributed by atoms with Gasteiger partial charge in [0.05, 0.1) is 29.9 Å². The lowest BCUT2D eigenvalue weighted by Gasteiger charge is -2.40. The summed E-state index contributed by atoms with van der Waals surface area (Å²) in [4.78, 5) is 43.2. The fourth-order valence-electron chi connectivity index (χ4n) is 5.05. The second-order valence-corrected chi connectivity index (χ2v) is 14.6. The highest BCUT2D eigenvalue weighted by Gasteiger charge is 2.37. The highest BCUT2D eigenvalue weighted by atomic mass is 32.2. The van der Waals surface area contributed by atoms with E-state index in [0.717, 1.165) is 18.0 Å². The van der Waals surface area contributed by atoms with Crippen LogP contribution in [0, 0.1) is 0 Å². The minimum atomic E-state index is -3.35. The maximum absolute atomic E-state index is 13.4. The van der Waals surface area contributed by atoms with Crippen molar-refractivity contribution in [2.24, 2.45) is 5.16 Å². The second-order valence-electron chi connectivity index (χ2n) is 11.3.